The second-order valence-corrected chi connectivity index (χ2v) is 5.30. The standard InChI is InChI=1S/C11H11Cl2NO3S/c12-8-1-2-9(13)7(3-8)4-18-5-10(11(16)17)14-6-15/h1-3,6,10H,4-5H2,(H,14,15)(H,16,17). The van der Waals surface area contributed by atoms with Crippen molar-refractivity contribution >= 4 is 47.3 Å². The van der Waals surface area contributed by atoms with E-state index in [9.17, 15) is 9.59 Å². The maximum absolute atomic E-state index is 10.8. The number of amides is 1. The fourth-order valence-corrected chi connectivity index (χ4v) is 2.72. The summed E-state index contributed by atoms with van der Waals surface area (Å²) in [4.78, 5) is 21.0. The van der Waals surface area contributed by atoms with Crippen LogP contribution < -0.4 is 5.32 Å². The minimum atomic E-state index is -1.06. The number of carbonyl (C=O) groups is 2. The number of hydrogen-bond acceptors (Lipinski definition) is 3. The molecule has 0 radical (unpaired) electrons. The van der Waals surface area contributed by atoms with Gasteiger partial charge in [0.15, 0.2) is 0 Å². The van der Waals surface area contributed by atoms with E-state index >= 15 is 0 Å². The first-order valence-corrected chi connectivity index (χ1v) is 6.90. The molecule has 1 aromatic rings. The summed E-state index contributed by atoms with van der Waals surface area (Å²) in [6, 6.07) is 4.22. The lowest BCUT2D eigenvalue weighted by Gasteiger charge is -2.11. The molecule has 1 atom stereocenters. The van der Waals surface area contributed by atoms with Gasteiger partial charge in [0.1, 0.15) is 6.04 Å². The predicted octanol–water partition coefficient (Wildman–Crippen LogP) is 2.43. The van der Waals surface area contributed by atoms with Crippen molar-refractivity contribution in [1.29, 1.82) is 0 Å². The minimum Gasteiger partial charge on any atom is -0.480 e. The van der Waals surface area contributed by atoms with Crippen LogP contribution in [0, 0.1) is 0 Å². The average Bonchev–Trinajstić information content (AvgIpc) is 2.32. The molecule has 18 heavy (non-hydrogen) atoms. The molecule has 1 unspecified atom stereocenters. The van der Waals surface area contributed by atoms with Gasteiger partial charge in [0.2, 0.25) is 6.41 Å². The fourth-order valence-electron chi connectivity index (χ4n) is 1.21. The zero-order valence-electron chi connectivity index (χ0n) is 9.23. The van der Waals surface area contributed by atoms with Crippen LogP contribution in [0.4, 0.5) is 0 Å². The van der Waals surface area contributed by atoms with Crippen LogP contribution in [0.2, 0.25) is 10.0 Å². The molecule has 98 valence electrons. The van der Waals surface area contributed by atoms with Crippen molar-refractivity contribution in [3.8, 4) is 0 Å². The lowest BCUT2D eigenvalue weighted by Crippen LogP contribution is -2.37. The van der Waals surface area contributed by atoms with Crippen LogP contribution in [-0.4, -0.2) is 29.3 Å². The fraction of sp³-hybridized carbons (Fsp3) is 0.273. The number of carbonyl (C=O) groups excluding carboxylic acids is 1. The molecule has 4 nitrogen and oxygen atoms in total. The van der Waals surface area contributed by atoms with E-state index < -0.39 is 12.0 Å². The number of nitrogens with one attached hydrogen (secondary N) is 1. The van der Waals surface area contributed by atoms with Gasteiger partial charge in [-0.25, -0.2) is 4.79 Å². The largest absolute Gasteiger partial charge is 0.480 e. The summed E-state index contributed by atoms with van der Waals surface area (Å²) < 4.78 is 0. The van der Waals surface area contributed by atoms with Crippen molar-refractivity contribution in [2.45, 2.75) is 11.8 Å². The SMILES string of the molecule is O=CNC(CSCc1cc(Cl)ccc1Cl)C(=O)O. The van der Waals surface area contributed by atoms with E-state index in [0.29, 0.717) is 22.2 Å². The number of halogens is 2. The van der Waals surface area contributed by atoms with Gasteiger partial charge in [-0.1, -0.05) is 23.2 Å². The number of carboxylic acids is 1. The van der Waals surface area contributed by atoms with Crippen molar-refractivity contribution in [3.05, 3.63) is 33.8 Å². The highest BCUT2D eigenvalue weighted by molar-refractivity contribution is 7.98. The van der Waals surface area contributed by atoms with Gasteiger partial charge in [-0.3, -0.25) is 4.79 Å². The van der Waals surface area contributed by atoms with Crippen molar-refractivity contribution in [1.82, 2.24) is 5.32 Å². The Hall–Kier alpha value is -0.910. The van der Waals surface area contributed by atoms with E-state index in [1.54, 1.807) is 18.2 Å². The van der Waals surface area contributed by atoms with E-state index in [4.69, 9.17) is 28.3 Å². The molecule has 0 aromatic heterocycles. The lowest BCUT2D eigenvalue weighted by atomic mass is 10.2. The number of rotatable bonds is 7. The maximum atomic E-state index is 10.8. The van der Waals surface area contributed by atoms with Gasteiger partial charge in [0.05, 0.1) is 0 Å². The molecule has 1 rings (SSSR count). The first kappa shape index (κ1) is 15.1. The Bertz CT molecular complexity index is 442. The van der Waals surface area contributed by atoms with E-state index in [0.717, 1.165) is 5.56 Å². The highest BCUT2D eigenvalue weighted by atomic mass is 35.5. The summed E-state index contributed by atoms with van der Waals surface area (Å²) in [7, 11) is 0. The van der Waals surface area contributed by atoms with Gasteiger partial charge in [0.25, 0.3) is 0 Å². The molecule has 0 aliphatic carbocycles. The van der Waals surface area contributed by atoms with Crippen LogP contribution in [0.1, 0.15) is 5.56 Å². The maximum Gasteiger partial charge on any atom is 0.327 e. The minimum absolute atomic E-state index is 0.261. The quantitative estimate of drug-likeness (QED) is 0.759. The molecule has 0 heterocycles. The third-order valence-electron chi connectivity index (χ3n) is 2.12. The molecular weight excluding hydrogens is 297 g/mol. The summed E-state index contributed by atoms with van der Waals surface area (Å²) in [5.74, 6) is -0.271. The Morgan fingerprint density at radius 3 is 2.83 bits per heavy atom. The van der Waals surface area contributed by atoms with Gasteiger partial charge in [0, 0.05) is 21.6 Å². The van der Waals surface area contributed by atoms with Crippen LogP contribution >= 0.6 is 35.0 Å². The van der Waals surface area contributed by atoms with E-state index in [1.807, 2.05) is 0 Å². The number of benzene rings is 1. The Morgan fingerprint density at radius 2 is 2.22 bits per heavy atom. The third-order valence-corrected chi connectivity index (χ3v) is 3.81. The van der Waals surface area contributed by atoms with Crippen molar-refractivity contribution in [2.75, 3.05) is 5.75 Å². The number of hydrogen-bond donors (Lipinski definition) is 2. The number of thioether (sulfide) groups is 1. The summed E-state index contributed by atoms with van der Waals surface area (Å²) >= 11 is 13.2. The van der Waals surface area contributed by atoms with E-state index in [2.05, 4.69) is 5.32 Å². The van der Waals surface area contributed by atoms with Crippen molar-refractivity contribution < 1.29 is 14.7 Å². The monoisotopic (exact) mass is 307 g/mol. The summed E-state index contributed by atoms with van der Waals surface area (Å²) in [5, 5.41) is 12.2. The van der Waals surface area contributed by atoms with Gasteiger partial charge in [-0.2, -0.15) is 11.8 Å². The average molecular weight is 308 g/mol. The molecule has 2 N–H and O–H groups in total. The first-order chi connectivity index (χ1) is 8.54. The Labute approximate surface area is 119 Å². The molecule has 1 aromatic carbocycles. The Kier molecular flexibility index (Phi) is 6.32. The van der Waals surface area contributed by atoms with Crippen LogP contribution in [0.5, 0.6) is 0 Å². The van der Waals surface area contributed by atoms with Crippen molar-refractivity contribution in [2.24, 2.45) is 0 Å². The van der Waals surface area contributed by atoms with Gasteiger partial charge < -0.3 is 10.4 Å². The Balaban J connectivity index is 2.52. The Morgan fingerprint density at radius 1 is 1.50 bits per heavy atom. The molecule has 0 fully saturated rings. The summed E-state index contributed by atoms with van der Waals surface area (Å²) in [6.45, 7) is 0. The zero-order chi connectivity index (χ0) is 13.5. The highest BCUT2D eigenvalue weighted by Crippen LogP contribution is 2.24. The van der Waals surface area contributed by atoms with Crippen LogP contribution in [0.15, 0.2) is 18.2 Å². The molecule has 7 heteroatoms. The highest BCUT2D eigenvalue weighted by Gasteiger charge is 2.16. The lowest BCUT2D eigenvalue weighted by molar-refractivity contribution is -0.139. The second-order valence-electron chi connectivity index (χ2n) is 3.43. The molecular formula is C11H11Cl2NO3S. The van der Waals surface area contributed by atoms with E-state index in [-0.39, 0.29) is 5.75 Å². The summed E-state index contributed by atoms with van der Waals surface area (Å²) in [5.41, 5.74) is 0.837. The van der Waals surface area contributed by atoms with E-state index in [1.165, 1.54) is 11.8 Å². The first-order valence-electron chi connectivity index (χ1n) is 4.98. The molecule has 0 bridgehead atoms. The smallest absolute Gasteiger partial charge is 0.327 e. The number of aliphatic carboxylic acids is 1. The number of carboxylic acid groups (broad SMARTS) is 1. The molecule has 0 spiro atoms. The topological polar surface area (TPSA) is 66.4 Å². The van der Waals surface area contributed by atoms with Crippen LogP contribution in [0.3, 0.4) is 0 Å². The molecule has 0 aliphatic rings. The molecule has 0 saturated heterocycles. The normalized spacial score (nSPS) is 11.9. The molecule has 1 amide bonds. The third kappa shape index (κ3) is 4.76. The van der Waals surface area contributed by atoms with Crippen LogP contribution in [0.25, 0.3) is 0 Å². The van der Waals surface area contributed by atoms with Gasteiger partial charge >= 0.3 is 5.97 Å². The van der Waals surface area contributed by atoms with Gasteiger partial charge in [-0.05, 0) is 23.8 Å². The summed E-state index contributed by atoms with van der Waals surface area (Å²) in [6.07, 6.45) is 0.381. The van der Waals surface area contributed by atoms with Gasteiger partial charge in [-0.15, -0.1) is 0 Å². The van der Waals surface area contributed by atoms with Crippen LogP contribution in [-0.2, 0) is 15.3 Å². The zero-order valence-corrected chi connectivity index (χ0v) is 11.6. The predicted molar refractivity (Wildman–Crippen MR) is 73.2 cm³/mol. The molecule has 0 saturated carbocycles. The second kappa shape index (κ2) is 7.51. The van der Waals surface area contributed by atoms with Crippen molar-refractivity contribution in [3.63, 3.8) is 0 Å². The molecule has 0 aliphatic heterocycles.